The number of thioether (sulfide) groups is 1. The molecule has 2 heterocycles. The molecule has 1 saturated heterocycles. The number of carbonyl (C=O) groups excluding carboxylic acids is 1. The number of carboxylic acid groups (broad SMARTS) is 1. The number of aliphatic carboxylic acids is 1. The van der Waals surface area contributed by atoms with E-state index in [2.05, 4.69) is 21.3 Å². The van der Waals surface area contributed by atoms with Gasteiger partial charge in [-0.05, 0) is 24.1 Å². The van der Waals surface area contributed by atoms with Gasteiger partial charge in [0, 0.05) is 36.6 Å². The van der Waals surface area contributed by atoms with Gasteiger partial charge >= 0.3 is 5.97 Å². The summed E-state index contributed by atoms with van der Waals surface area (Å²) in [5.41, 5.74) is 2.80. The number of hydrogen-bond acceptors (Lipinski definition) is 7. The molecule has 1 atom stereocenters. The summed E-state index contributed by atoms with van der Waals surface area (Å²) in [6, 6.07) is 6.07. The first-order valence-corrected chi connectivity index (χ1v) is 11.8. The van der Waals surface area contributed by atoms with Gasteiger partial charge in [0.1, 0.15) is 0 Å². The van der Waals surface area contributed by atoms with Crippen molar-refractivity contribution in [3.05, 3.63) is 45.4 Å². The van der Waals surface area contributed by atoms with Crippen LogP contribution in [0.3, 0.4) is 0 Å². The van der Waals surface area contributed by atoms with Crippen molar-refractivity contribution in [3.63, 3.8) is 0 Å². The minimum absolute atomic E-state index is 0.0527. The second kappa shape index (κ2) is 11.1. The third-order valence-electron chi connectivity index (χ3n) is 4.57. The summed E-state index contributed by atoms with van der Waals surface area (Å²) in [7, 11) is 0. The Kier molecular flexibility index (Phi) is 8.52. The molecular weight excluding hydrogens is 446 g/mol. The molecule has 30 heavy (non-hydrogen) atoms. The van der Waals surface area contributed by atoms with E-state index < -0.39 is 5.97 Å². The largest absolute Gasteiger partial charge is 0.481 e. The van der Waals surface area contributed by atoms with Crippen LogP contribution in [-0.2, 0) is 27.3 Å². The highest BCUT2D eigenvalue weighted by atomic mass is 35.5. The van der Waals surface area contributed by atoms with Gasteiger partial charge in [-0.2, -0.15) is 0 Å². The van der Waals surface area contributed by atoms with E-state index in [0.717, 1.165) is 30.2 Å². The first kappa shape index (κ1) is 23.0. The highest BCUT2D eigenvalue weighted by molar-refractivity contribution is 8.01. The highest BCUT2D eigenvalue weighted by Gasteiger charge is 2.21. The summed E-state index contributed by atoms with van der Waals surface area (Å²) >= 11 is 8.76. The molecule has 0 spiro atoms. The van der Waals surface area contributed by atoms with Crippen LogP contribution < -0.4 is 5.32 Å². The lowest BCUT2D eigenvalue weighted by Crippen LogP contribution is -2.47. The maximum Gasteiger partial charge on any atom is 0.309 e. The Morgan fingerprint density at radius 2 is 2.30 bits per heavy atom. The molecule has 2 aromatic rings. The van der Waals surface area contributed by atoms with Crippen LogP contribution in [0.15, 0.2) is 27.9 Å². The lowest BCUT2D eigenvalue weighted by atomic mass is 10.1. The van der Waals surface area contributed by atoms with Gasteiger partial charge in [-0.15, -0.1) is 11.3 Å². The molecular formula is C20H24ClN3O4S2. The lowest BCUT2D eigenvalue weighted by molar-refractivity contribution is -0.136. The molecule has 7 nitrogen and oxygen atoms in total. The normalized spacial score (nSPS) is 17.1. The number of carboxylic acids is 1. The summed E-state index contributed by atoms with van der Waals surface area (Å²) in [6.07, 6.45) is -0.155. The molecule has 10 heteroatoms. The fourth-order valence-electron chi connectivity index (χ4n) is 3.11. The van der Waals surface area contributed by atoms with Crippen LogP contribution in [0.1, 0.15) is 16.8 Å². The monoisotopic (exact) mass is 469 g/mol. The summed E-state index contributed by atoms with van der Waals surface area (Å²) in [5, 5.41) is 14.2. The van der Waals surface area contributed by atoms with E-state index in [1.165, 1.54) is 28.7 Å². The SMILES string of the molecule is Cc1cc(CN2CCO[C@@H](CNC(=O)CSc3nc(CC(=O)O)cs3)C2)ccc1Cl. The van der Waals surface area contributed by atoms with E-state index in [0.29, 0.717) is 23.2 Å². The zero-order valence-corrected chi connectivity index (χ0v) is 19.0. The standard InChI is InChI=1S/C20H24ClN3O4S2/c1-13-6-14(2-3-17(13)21)9-24-4-5-28-16(10-24)8-22-18(25)12-30-20-23-15(11-29-20)7-19(26)27/h2-3,6,11,16H,4-5,7-10,12H2,1H3,(H,22,25)(H,26,27)/t16-/m0/s1. The van der Waals surface area contributed by atoms with Gasteiger partial charge in [-0.3, -0.25) is 14.5 Å². The van der Waals surface area contributed by atoms with Gasteiger partial charge in [0.15, 0.2) is 4.34 Å². The predicted octanol–water partition coefficient (Wildman–Crippen LogP) is 2.84. The molecule has 0 aliphatic carbocycles. The van der Waals surface area contributed by atoms with Crippen LogP contribution in [0, 0.1) is 6.92 Å². The minimum Gasteiger partial charge on any atom is -0.481 e. The summed E-state index contributed by atoms with van der Waals surface area (Å²) < 4.78 is 6.49. The number of nitrogens with one attached hydrogen (secondary N) is 1. The van der Waals surface area contributed by atoms with E-state index in [9.17, 15) is 9.59 Å². The molecule has 3 rings (SSSR count). The third kappa shape index (κ3) is 7.24. The van der Waals surface area contributed by atoms with Crippen LogP contribution in [0.5, 0.6) is 0 Å². The minimum atomic E-state index is -0.915. The van der Waals surface area contributed by atoms with E-state index in [1.54, 1.807) is 5.38 Å². The van der Waals surface area contributed by atoms with Crippen molar-refractivity contribution in [1.82, 2.24) is 15.2 Å². The lowest BCUT2D eigenvalue weighted by Gasteiger charge is -2.33. The van der Waals surface area contributed by atoms with E-state index in [-0.39, 0.29) is 24.2 Å². The zero-order valence-electron chi connectivity index (χ0n) is 16.6. The second-order valence-corrected chi connectivity index (χ2v) is 9.57. The Bertz CT molecular complexity index is 893. The van der Waals surface area contributed by atoms with Crippen molar-refractivity contribution in [2.24, 2.45) is 0 Å². The van der Waals surface area contributed by atoms with Crippen molar-refractivity contribution in [2.75, 3.05) is 32.0 Å². The summed E-state index contributed by atoms with van der Waals surface area (Å²) in [5.74, 6) is -0.771. The number of halogens is 1. The average Bonchev–Trinajstić information content (AvgIpc) is 3.14. The quantitative estimate of drug-likeness (QED) is 0.545. The Morgan fingerprint density at radius 3 is 3.07 bits per heavy atom. The first-order valence-electron chi connectivity index (χ1n) is 9.53. The van der Waals surface area contributed by atoms with Crippen LogP contribution in [0.4, 0.5) is 0 Å². The number of nitrogens with zero attached hydrogens (tertiary/aromatic N) is 2. The number of rotatable bonds is 9. The average molecular weight is 470 g/mol. The van der Waals surface area contributed by atoms with Gasteiger partial charge in [0.2, 0.25) is 5.91 Å². The van der Waals surface area contributed by atoms with Crippen molar-refractivity contribution >= 4 is 46.6 Å². The van der Waals surface area contributed by atoms with Crippen LogP contribution in [0.25, 0.3) is 0 Å². The fraction of sp³-hybridized carbons (Fsp3) is 0.450. The predicted molar refractivity (Wildman–Crippen MR) is 118 cm³/mol. The van der Waals surface area contributed by atoms with Crippen molar-refractivity contribution in [2.45, 2.75) is 30.3 Å². The molecule has 1 fully saturated rings. The number of aryl methyl sites for hydroxylation is 1. The number of carbonyl (C=O) groups is 2. The van der Waals surface area contributed by atoms with Crippen molar-refractivity contribution in [3.8, 4) is 0 Å². The molecule has 0 bridgehead atoms. The summed E-state index contributed by atoms with van der Waals surface area (Å²) in [4.78, 5) is 29.4. The van der Waals surface area contributed by atoms with Gasteiger partial charge in [0.05, 0.1) is 30.6 Å². The molecule has 162 valence electrons. The molecule has 2 N–H and O–H groups in total. The van der Waals surface area contributed by atoms with Crippen molar-refractivity contribution in [1.29, 1.82) is 0 Å². The summed E-state index contributed by atoms with van der Waals surface area (Å²) in [6.45, 7) is 5.51. The number of aromatic nitrogens is 1. The number of thiazole rings is 1. The smallest absolute Gasteiger partial charge is 0.309 e. The number of morpholine rings is 1. The van der Waals surface area contributed by atoms with E-state index >= 15 is 0 Å². The molecule has 0 radical (unpaired) electrons. The first-order chi connectivity index (χ1) is 14.4. The maximum atomic E-state index is 12.2. The van der Waals surface area contributed by atoms with Crippen LogP contribution >= 0.6 is 34.7 Å². The topological polar surface area (TPSA) is 91.8 Å². The number of hydrogen-bond donors (Lipinski definition) is 2. The van der Waals surface area contributed by atoms with Gasteiger partial charge in [-0.1, -0.05) is 35.5 Å². The fourth-order valence-corrected chi connectivity index (χ4v) is 4.90. The molecule has 1 aliphatic rings. The molecule has 1 aliphatic heterocycles. The molecule has 1 aromatic heterocycles. The molecule has 0 unspecified atom stereocenters. The third-order valence-corrected chi connectivity index (χ3v) is 7.06. The Hall–Kier alpha value is -1.65. The van der Waals surface area contributed by atoms with E-state index in [1.807, 2.05) is 19.1 Å². The second-order valence-electron chi connectivity index (χ2n) is 7.08. The Labute approximate surface area is 188 Å². The van der Waals surface area contributed by atoms with Gasteiger partial charge in [0.25, 0.3) is 0 Å². The molecule has 1 aromatic carbocycles. The number of benzene rings is 1. The highest BCUT2D eigenvalue weighted by Crippen LogP contribution is 2.23. The maximum absolute atomic E-state index is 12.2. The number of ether oxygens (including phenoxy) is 1. The Balaban J connectivity index is 1.39. The Morgan fingerprint density at radius 1 is 1.47 bits per heavy atom. The zero-order chi connectivity index (χ0) is 21.5. The van der Waals surface area contributed by atoms with E-state index in [4.69, 9.17) is 21.4 Å². The van der Waals surface area contributed by atoms with Crippen molar-refractivity contribution < 1.29 is 19.4 Å². The van der Waals surface area contributed by atoms with Gasteiger partial charge < -0.3 is 15.2 Å². The van der Waals surface area contributed by atoms with Crippen LogP contribution in [0.2, 0.25) is 5.02 Å². The van der Waals surface area contributed by atoms with Crippen LogP contribution in [-0.4, -0.2) is 65.0 Å². The molecule has 0 saturated carbocycles. The molecule has 1 amide bonds. The number of amides is 1. The van der Waals surface area contributed by atoms with Gasteiger partial charge in [-0.25, -0.2) is 4.98 Å².